The Balaban J connectivity index is 1.38. The number of hydrogen-bond acceptors (Lipinski definition) is 5. The summed E-state index contributed by atoms with van der Waals surface area (Å²) < 4.78 is 36.7. The summed E-state index contributed by atoms with van der Waals surface area (Å²) in [5, 5.41) is 0. The van der Waals surface area contributed by atoms with Crippen LogP contribution in [0.5, 0.6) is 0 Å². The summed E-state index contributed by atoms with van der Waals surface area (Å²) in [5.41, 5.74) is 2.85. The highest BCUT2D eigenvalue weighted by Crippen LogP contribution is 2.66. The lowest BCUT2D eigenvalue weighted by atomic mass is 9.72. The van der Waals surface area contributed by atoms with Crippen molar-refractivity contribution in [3.63, 3.8) is 0 Å². The Morgan fingerprint density at radius 3 is 1.29 bits per heavy atom. The molecule has 4 atom stereocenters. The van der Waals surface area contributed by atoms with E-state index in [1.165, 1.54) is 5.56 Å². The minimum Gasteiger partial charge on any atom is -0.341 e. The Morgan fingerprint density at radius 1 is 0.510 bits per heavy atom. The van der Waals surface area contributed by atoms with Crippen molar-refractivity contribution >= 4 is 8.60 Å². The van der Waals surface area contributed by atoms with Crippen LogP contribution in [0.15, 0.2) is 152 Å². The molecule has 1 saturated carbocycles. The van der Waals surface area contributed by atoms with Crippen molar-refractivity contribution in [1.29, 1.82) is 0 Å². The topological polar surface area (TPSA) is 46.2 Å². The molecular formula is C43H43O5P. The second kappa shape index (κ2) is 13.6. The first-order valence-electron chi connectivity index (χ1n) is 17.5. The van der Waals surface area contributed by atoms with Gasteiger partial charge in [-0.05, 0) is 54.5 Å². The molecule has 0 bridgehead atoms. The summed E-state index contributed by atoms with van der Waals surface area (Å²) >= 11 is 0. The van der Waals surface area contributed by atoms with Gasteiger partial charge in [0.1, 0.15) is 12.2 Å². The highest BCUT2D eigenvalue weighted by molar-refractivity contribution is 7.41. The monoisotopic (exact) mass is 670 g/mol. The van der Waals surface area contributed by atoms with Gasteiger partial charge in [0.2, 0.25) is 0 Å². The third kappa shape index (κ3) is 5.97. The molecule has 49 heavy (non-hydrogen) atoms. The highest BCUT2D eigenvalue weighted by atomic mass is 31.2. The first kappa shape index (κ1) is 32.5. The molecule has 8 rings (SSSR count). The number of benzene rings is 5. The Bertz CT molecular complexity index is 1620. The molecule has 0 radical (unpaired) electrons. The van der Waals surface area contributed by atoms with Crippen molar-refractivity contribution in [3.05, 3.63) is 179 Å². The van der Waals surface area contributed by atoms with Crippen molar-refractivity contribution < 1.29 is 23.0 Å². The van der Waals surface area contributed by atoms with E-state index in [2.05, 4.69) is 127 Å². The van der Waals surface area contributed by atoms with Crippen molar-refractivity contribution in [1.82, 2.24) is 0 Å². The third-order valence-corrected chi connectivity index (χ3v) is 11.6. The lowest BCUT2D eigenvalue weighted by Gasteiger charge is -2.41. The SMILES string of the molecule is CC1(C)O[C@@H]2[C@@H](O1)C(c1ccccc1)(c1ccccc1)OP(O[C@@H]1CCCC[C@H]1c1ccccc1)OC2(c1ccccc1)c1ccccc1. The molecule has 0 N–H and O–H groups in total. The van der Waals surface area contributed by atoms with E-state index in [0.29, 0.717) is 0 Å². The molecule has 1 aliphatic carbocycles. The van der Waals surface area contributed by atoms with Crippen molar-refractivity contribution in [3.8, 4) is 0 Å². The molecule has 0 unspecified atom stereocenters. The van der Waals surface area contributed by atoms with Gasteiger partial charge in [0, 0.05) is 5.92 Å². The zero-order valence-electron chi connectivity index (χ0n) is 28.1. The lowest BCUT2D eigenvalue weighted by molar-refractivity contribution is -0.177. The first-order valence-corrected chi connectivity index (χ1v) is 18.6. The van der Waals surface area contributed by atoms with Gasteiger partial charge in [-0.2, -0.15) is 0 Å². The van der Waals surface area contributed by atoms with Crippen LogP contribution in [0.2, 0.25) is 0 Å². The van der Waals surface area contributed by atoms with E-state index in [1.54, 1.807) is 0 Å². The Kier molecular flexibility index (Phi) is 9.01. The van der Waals surface area contributed by atoms with E-state index in [1.807, 2.05) is 38.1 Å². The molecule has 250 valence electrons. The quantitative estimate of drug-likeness (QED) is 0.161. The van der Waals surface area contributed by atoms with Crippen LogP contribution < -0.4 is 0 Å². The summed E-state index contributed by atoms with van der Waals surface area (Å²) in [6, 6.07) is 52.3. The summed E-state index contributed by atoms with van der Waals surface area (Å²) in [7, 11) is -2.02. The highest BCUT2D eigenvalue weighted by Gasteiger charge is 2.67. The van der Waals surface area contributed by atoms with Crippen molar-refractivity contribution in [2.75, 3.05) is 0 Å². The van der Waals surface area contributed by atoms with Crippen LogP contribution >= 0.6 is 8.60 Å². The van der Waals surface area contributed by atoms with Gasteiger partial charge in [-0.25, -0.2) is 0 Å². The molecule has 5 nitrogen and oxygen atoms in total. The molecule has 2 saturated heterocycles. The van der Waals surface area contributed by atoms with Crippen LogP contribution in [0.1, 0.15) is 73.3 Å². The van der Waals surface area contributed by atoms with Crippen molar-refractivity contribution in [2.45, 2.75) is 80.7 Å². The standard InChI is InChI=1S/C43H43O5P/c1-41(2)44-39-40(45-41)43(35-26-14-6-15-27-35,36-28-16-7-17-29-36)48-49(46-38-31-19-18-30-37(38)32-20-8-3-9-21-32)47-42(39,33-22-10-4-11-23-33)34-24-12-5-13-25-34/h3-17,20-29,37-40H,18-19,30-31H2,1-2H3/t37-,38+,39+,40+/m0/s1. The fraction of sp³-hybridized carbons (Fsp3) is 0.302. The van der Waals surface area contributed by atoms with Crippen LogP contribution in [0.3, 0.4) is 0 Å². The normalized spacial score (nSPS) is 26.0. The van der Waals surface area contributed by atoms with Crippen LogP contribution in [0, 0.1) is 0 Å². The maximum atomic E-state index is 7.58. The van der Waals surface area contributed by atoms with Gasteiger partial charge in [-0.3, -0.25) is 9.05 Å². The van der Waals surface area contributed by atoms with Gasteiger partial charge in [0.15, 0.2) is 17.0 Å². The fourth-order valence-corrected chi connectivity index (χ4v) is 9.81. The van der Waals surface area contributed by atoms with Gasteiger partial charge < -0.3 is 14.0 Å². The molecule has 0 amide bonds. The van der Waals surface area contributed by atoms with Crippen LogP contribution in [-0.4, -0.2) is 24.1 Å². The van der Waals surface area contributed by atoms with E-state index in [9.17, 15) is 0 Å². The zero-order chi connectivity index (χ0) is 33.3. The Labute approximate surface area is 291 Å². The van der Waals surface area contributed by atoms with E-state index in [4.69, 9.17) is 23.0 Å². The number of rotatable bonds is 7. The summed E-state index contributed by atoms with van der Waals surface area (Å²) in [6.07, 6.45) is 2.89. The smallest absolute Gasteiger partial charge is 0.335 e. The van der Waals surface area contributed by atoms with Crippen LogP contribution in [0.25, 0.3) is 0 Å². The predicted molar refractivity (Wildman–Crippen MR) is 193 cm³/mol. The molecule has 5 aromatic carbocycles. The lowest BCUT2D eigenvalue weighted by Crippen LogP contribution is -2.53. The number of ether oxygens (including phenoxy) is 2. The Hall–Kier alpha value is -3.67. The maximum Gasteiger partial charge on any atom is 0.335 e. The molecule has 6 heteroatoms. The van der Waals surface area contributed by atoms with E-state index < -0.39 is 37.8 Å². The molecular weight excluding hydrogens is 627 g/mol. The fourth-order valence-electron chi connectivity index (χ4n) is 8.12. The molecule has 0 spiro atoms. The summed E-state index contributed by atoms with van der Waals surface area (Å²) in [5.74, 6) is -0.710. The van der Waals surface area contributed by atoms with Gasteiger partial charge >= 0.3 is 8.60 Å². The van der Waals surface area contributed by atoms with E-state index in [-0.39, 0.29) is 12.0 Å². The Morgan fingerprint density at radius 2 is 0.878 bits per heavy atom. The molecule has 3 fully saturated rings. The minimum atomic E-state index is -2.02. The van der Waals surface area contributed by atoms with Crippen LogP contribution in [-0.2, 0) is 34.2 Å². The summed E-state index contributed by atoms with van der Waals surface area (Å²) in [6.45, 7) is 3.96. The number of fused-ring (bicyclic) bond motifs is 1. The second-order valence-electron chi connectivity index (χ2n) is 13.8. The van der Waals surface area contributed by atoms with E-state index >= 15 is 0 Å². The predicted octanol–water partition coefficient (Wildman–Crippen LogP) is 10.4. The summed E-state index contributed by atoms with van der Waals surface area (Å²) in [4.78, 5) is 0. The largest absolute Gasteiger partial charge is 0.341 e. The minimum absolute atomic E-state index is 0.0908. The zero-order valence-corrected chi connectivity index (χ0v) is 29.0. The third-order valence-electron chi connectivity index (χ3n) is 10.3. The van der Waals surface area contributed by atoms with Gasteiger partial charge in [0.25, 0.3) is 0 Å². The van der Waals surface area contributed by atoms with Gasteiger partial charge in [-0.15, -0.1) is 0 Å². The maximum absolute atomic E-state index is 7.58. The van der Waals surface area contributed by atoms with Gasteiger partial charge in [-0.1, -0.05) is 165 Å². The number of hydrogen-bond donors (Lipinski definition) is 0. The van der Waals surface area contributed by atoms with Gasteiger partial charge in [0.05, 0.1) is 6.10 Å². The molecule has 2 heterocycles. The molecule has 3 aliphatic rings. The van der Waals surface area contributed by atoms with E-state index in [0.717, 1.165) is 47.9 Å². The molecule has 2 aliphatic heterocycles. The van der Waals surface area contributed by atoms with Crippen LogP contribution in [0.4, 0.5) is 0 Å². The average Bonchev–Trinajstić information content (AvgIpc) is 3.44. The average molecular weight is 671 g/mol. The second-order valence-corrected chi connectivity index (χ2v) is 14.8. The molecule has 0 aromatic heterocycles. The molecule has 5 aromatic rings. The van der Waals surface area contributed by atoms with Crippen molar-refractivity contribution in [2.24, 2.45) is 0 Å². The first-order chi connectivity index (χ1) is 24.0.